The lowest BCUT2D eigenvalue weighted by Gasteiger charge is -2.41. The smallest absolute Gasteiger partial charge is 0.378 e. The molecule has 0 heterocycles. The molecular weight excluding hydrogens is 858 g/mol. The van der Waals surface area contributed by atoms with Crippen LogP contribution in [0.4, 0.5) is 79.0 Å². The molecule has 7 nitrogen and oxygen atoms in total. The third-order valence-electron chi connectivity index (χ3n) is 9.31. The van der Waals surface area contributed by atoms with Gasteiger partial charge < -0.3 is 24.8 Å². The fourth-order valence-electron chi connectivity index (χ4n) is 6.08. The van der Waals surface area contributed by atoms with Gasteiger partial charge in [0.1, 0.15) is 0 Å². The van der Waals surface area contributed by atoms with E-state index in [0.717, 1.165) is 27.7 Å². The second kappa shape index (κ2) is 20.6. The number of rotatable bonds is 22. The van der Waals surface area contributed by atoms with Gasteiger partial charge in [0.05, 0.1) is 24.4 Å². The number of halogens is 18. The van der Waals surface area contributed by atoms with Crippen molar-refractivity contribution < 1.29 is 103 Å². The van der Waals surface area contributed by atoms with Crippen molar-refractivity contribution in [2.24, 2.45) is 29.1 Å². The van der Waals surface area contributed by atoms with E-state index >= 15 is 0 Å². The normalized spacial score (nSPS) is 17.5. The predicted molar refractivity (Wildman–Crippen MR) is 173 cm³/mol. The van der Waals surface area contributed by atoms with Crippen LogP contribution < -0.4 is 10.6 Å². The summed E-state index contributed by atoms with van der Waals surface area (Å²) in [5.41, 5.74) is -7.68. The highest BCUT2D eigenvalue weighted by atomic mass is 19.4. The Labute approximate surface area is 329 Å². The molecule has 0 rings (SSSR count). The molecule has 0 spiro atoms. The van der Waals surface area contributed by atoms with Crippen molar-refractivity contribution in [2.45, 2.75) is 148 Å². The lowest BCUT2D eigenvalue weighted by Crippen LogP contribution is -2.56. The number of amides is 2. The van der Waals surface area contributed by atoms with Crippen LogP contribution in [0.15, 0.2) is 0 Å². The molecule has 0 aromatic heterocycles. The van der Waals surface area contributed by atoms with Gasteiger partial charge in [0.2, 0.25) is 11.8 Å². The predicted octanol–water partition coefficient (Wildman–Crippen LogP) is 10.4. The Kier molecular flexibility index (Phi) is 19.8. The Morgan fingerprint density at radius 3 is 1.25 bits per heavy atom. The molecule has 59 heavy (non-hydrogen) atoms. The Morgan fingerprint density at radius 2 is 0.915 bits per heavy atom. The third-order valence-corrected chi connectivity index (χ3v) is 9.31. The van der Waals surface area contributed by atoms with Gasteiger partial charge in [-0.2, -0.15) is 79.0 Å². The number of nitrogens with one attached hydrogen (secondary N) is 2. The van der Waals surface area contributed by atoms with Crippen molar-refractivity contribution in [3.8, 4) is 0 Å². The highest BCUT2D eigenvalue weighted by Gasteiger charge is 2.59. The molecule has 0 radical (unpaired) electrons. The van der Waals surface area contributed by atoms with Crippen molar-refractivity contribution >= 4 is 11.8 Å². The monoisotopic (exact) mass is 908 g/mol. The van der Waals surface area contributed by atoms with Crippen molar-refractivity contribution in [1.82, 2.24) is 10.6 Å². The molecule has 25 heteroatoms. The maximum Gasteiger partial charge on any atom is 0.414 e. The fraction of sp³-hybridized carbons (Fsp3) is 0.941. The summed E-state index contributed by atoms with van der Waals surface area (Å²) in [6.45, 7) is 2.91. The molecular formula is C34H50F18N2O5. The molecule has 6 unspecified atom stereocenters. The van der Waals surface area contributed by atoms with E-state index in [-0.39, 0.29) is 0 Å². The van der Waals surface area contributed by atoms with Crippen LogP contribution in [-0.2, 0) is 23.8 Å². The third kappa shape index (κ3) is 20.8. The van der Waals surface area contributed by atoms with Crippen molar-refractivity contribution in [3.63, 3.8) is 0 Å². The molecule has 352 valence electrons. The number of alkyl halides is 18. The minimum Gasteiger partial charge on any atom is -0.378 e. The van der Waals surface area contributed by atoms with Gasteiger partial charge in [-0.1, -0.05) is 27.7 Å². The van der Waals surface area contributed by atoms with Gasteiger partial charge in [-0.3, -0.25) is 9.59 Å². The van der Waals surface area contributed by atoms with Gasteiger partial charge in [0, 0.05) is 25.9 Å². The summed E-state index contributed by atoms with van der Waals surface area (Å²) in [6, 6.07) is 0. The second-order valence-electron chi connectivity index (χ2n) is 16.1. The number of hydrogen-bond donors (Lipinski definition) is 2. The van der Waals surface area contributed by atoms with Crippen LogP contribution in [0.5, 0.6) is 0 Å². The van der Waals surface area contributed by atoms with Gasteiger partial charge in [-0.25, -0.2) is 0 Å². The zero-order valence-corrected chi connectivity index (χ0v) is 33.2. The molecule has 0 bridgehead atoms. The van der Waals surface area contributed by atoms with E-state index in [9.17, 15) is 88.6 Å². The molecule has 6 atom stereocenters. The van der Waals surface area contributed by atoms with Crippen LogP contribution in [0.25, 0.3) is 0 Å². The Balaban J connectivity index is 5.62. The van der Waals surface area contributed by atoms with E-state index in [1.165, 1.54) is 0 Å². The summed E-state index contributed by atoms with van der Waals surface area (Å²) in [5, 5.41) is 3.49. The summed E-state index contributed by atoms with van der Waals surface area (Å²) in [4.78, 5) is 25.3. The highest BCUT2D eigenvalue weighted by molar-refractivity contribution is 5.81. The average Bonchev–Trinajstić information content (AvgIpc) is 2.96. The fourth-order valence-corrected chi connectivity index (χ4v) is 6.08. The summed E-state index contributed by atoms with van der Waals surface area (Å²) in [6.07, 6.45) is -43.3. The number of carbonyl (C=O) groups is 2. The number of carbonyl (C=O) groups excluding carboxylic acids is 2. The largest absolute Gasteiger partial charge is 0.414 e. The maximum absolute atomic E-state index is 14.1. The van der Waals surface area contributed by atoms with Gasteiger partial charge in [0.25, 0.3) is 0 Å². The molecule has 0 fully saturated rings. The topological polar surface area (TPSA) is 85.9 Å². The summed E-state index contributed by atoms with van der Waals surface area (Å²) >= 11 is 0. The van der Waals surface area contributed by atoms with E-state index in [0.29, 0.717) is 27.7 Å². The van der Waals surface area contributed by atoms with E-state index in [2.05, 4.69) is 0 Å². The van der Waals surface area contributed by atoms with E-state index in [1.54, 1.807) is 10.6 Å². The minimum absolute atomic E-state index is 0.509. The highest BCUT2D eigenvalue weighted by Crippen LogP contribution is 2.45. The first-order valence-corrected chi connectivity index (χ1v) is 17.8. The Bertz CT molecular complexity index is 1300. The summed E-state index contributed by atoms with van der Waals surface area (Å²) in [7, 11) is 0. The molecule has 0 saturated heterocycles. The van der Waals surface area contributed by atoms with E-state index in [4.69, 9.17) is 14.2 Å². The average molecular weight is 909 g/mol. The zero-order chi connectivity index (χ0) is 47.0. The van der Waals surface area contributed by atoms with Crippen LogP contribution in [0, 0.1) is 29.1 Å². The molecule has 2 N–H and O–H groups in total. The maximum atomic E-state index is 14.1. The Morgan fingerprint density at radius 1 is 0.525 bits per heavy atom. The van der Waals surface area contributed by atoms with Crippen molar-refractivity contribution in [3.05, 3.63) is 0 Å². The van der Waals surface area contributed by atoms with E-state index < -0.39 is 160 Å². The summed E-state index contributed by atoms with van der Waals surface area (Å²) in [5.74, 6) is -13.6. The molecule has 0 aliphatic rings. The molecule has 0 saturated carbocycles. The first kappa shape index (κ1) is 56.6. The quantitative estimate of drug-likeness (QED) is 0.0835. The number of hydrogen-bond acceptors (Lipinski definition) is 5. The van der Waals surface area contributed by atoms with Gasteiger partial charge in [-0.15, -0.1) is 0 Å². The van der Waals surface area contributed by atoms with Gasteiger partial charge in [-0.05, 0) is 64.2 Å². The van der Waals surface area contributed by atoms with Gasteiger partial charge in [0.15, 0.2) is 24.0 Å². The molecule has 0 aromatic carbocycles. The van der Waals surface area contributed by atoms with Crippen LogP contribution in [-0.4, -0.2) is 98.6 Å². The first-order chi connectivity index (χ1) is 25.9. The molecule has 0 aromatic rings. The van der Waals surface area contributed by atoms with Gasteiger partial charge >= 0.3 is 37.1 Å². The summed E-state index contributed by atoms with van der Waals surface area (Å²) < 4.78 is 258. The minimum atomic E-state index is -5.55. The van der Waals surface area contributed by atoms with Crippen LogP contribution in [0.2, 0.25) is 0 Å². The molecule has 0 aliphatic carbocycles. The first-order valence-electron chi connectivity index (χ1n) is 17.8. The van der Waals surface area contributed by atoms with Crippen LogP contribution in [0.1, 0.15) is 87.5 Å². The Hall–Kier alpha value is -2.44. The lowest BCUT2D eigenvalue weighted by atomic mass is 9.81. The van der Waals surface area contributed by atoms with Crippen molar-refractivity contribution in [2.75, 3.05) is 26.3 Å². The van der Waals surface area contributed by atoms with Crippen LogP contribution in [0.3, 0.4) is 0 Å². The molecule has 2 amide bonds. The van der Waals surface area contributed by atoms with Crippen molar-refractivity contribution in [1.29, 1.82) is 0 Å². The number of ether oxygens (including phenoxy) is 3. The molecule has 0 aliphatic heterocycles. The van der Waals surface area contributed by atoms with E-state index in [1.807, 2.05) is 0 Å². The second-order valence-corrected chi connectivity index (χ2v) is 16.1. The standard InChI is InChI=1S/C34H50F18N2O5/c1-18(9-10-29(35,36)37)19(2)23(34(50,51)52)59-28(7,8)22(33(47,48)49)25(56)54-14-16-57-15-13-53-24(55)21(32(44,45)46)27(5,6)58-20(31(41,42)43)17-26(3,4)11-12-30(38,39)40/h18-23H,9-17H2,1-8H3,(H,53,55)(H,54,56). The van der Waals surface area contributed by atoms with Crippen LogP contribution >= 0.6 is 0 Å². The lowest BCUT2D eigenvalue weighted by molar-refractivity contribution is -0.296. The SMILES string of the molecule is CC(CCC(F)(F)F)C(C)C(OC(C)(C)C(C(=O)NCCOCCNC(=O)C(C(F)(F)F)C(C)(C)OC(CC(C)(C)CCC(F)(F)F)C(F)(F)F)C(F)(F)F)C(F)(F)F. The zero-order valence-electron chi connectivity index (χ0n) is 33.2.